The third kappa shape index (κ3) is 5.31. The molecule has 6 heteroatoms. The molecule has 0 unspecified atom stereocenters. The van der Waals surface area contributed by atoms with Gasteiger partial charge in [0.25, 0.3) is 0 Å². The zero-order valence-electron chi connectivity index (χ0n) is 14.1. The third-order valence-electron chi connectivity index (χ3n) is 4.05. The molecule has 1 aromatic heterocycles. The van der Waals surface area contributed by atoms with Crippen LogP contribution in [0.5, 0.6) is 0 Å². The molecule has 0 radical (unpaired) electrons. The van der Waals surface area contributed by atoms with Gasteiger partial charge in [0, 0.05) is 30.9 Å². The highest BCUT2D eigenvalue weighted by atomic mass is 32.1. The normalized spacial score (nSPS) is 14.2. The van der Waals surface area contributed by atoms with Crippen molar-refractivity contribution >= 4 is 22.2 Å². The Morgan fingerprint density at radius 1 is 1.26 bits per heavy atom. The summed E-state index contributed by atoms with van der Waals surface area (Å²) in [7, 11) is 4.05. The average Bonchev–Trinajstić information content (AvgIpc) is 2.67. The van der Waals surface area contributed by atoms with Crippen molar-refractivity contribution in [3.05, 3.63) is 16.0 Å². The van der Waals surface area contributed by atoms with Crippen LogP contribution in [0.15, 0.2) is 0 Å². The van der Waals surface area contributed by atoms with Gasteiger partial charge in [0.2, 0.25) is 5.91 Å². The lowest BCUT2D eigenvalue weighted by molar-refractivity contribution is -0.116. The maximum Gasteiger partial charge on any atom is 0.226 e. The summed E-state index contributed by atoms with van der Waals surface area (Å²) in [5.41, 5.74) is 1.87. The van der Waals surface area contributed by atoms with Crippen molar-refractivity contribution in [3.8, 4) is 6.07 Å². The van der Waals surface area contributed by atoms with Crippen LogP contribution in [-0.2, 0) is 17.6 Å². The van der Waals surface area contributed by atoms with Crippen LogP contribution in [0.2, 0.25) is 0 Å². The summed E-state index contributed by atoms with van der Waals surface area (Å²) in [6, 6.07) is 2.30. The molecule has 1 aromatic rings. The SMILES string of the molecule is CN(C)CCNCCC(=O)Nc1sc2c(c1C#N)CCCCC2. The number of thiophene rings is 1. The van der Waals surface area contributed by atoms with Crippen LogP contribution in [0.3, 0.4) is 0 Å². The molecule has 2 rings (SSSR count). The minimum atomic E-state index is -0.0183. The van der Waals surface area contributed by atoms with Crippen molar-refractivity contribution in [1.82, 2.24) is 10.2 Å². The number of carbonyl (C=O) groups excluding carboxylic acids is 1. The van der Waals surface area contributed by atoms with Gasteiger partial charge in [-0.15, -0.1) is 11.3 Å². The minimum Gasteiger partial charge on any atom is -0.317 e. The number of hydrogen-bond acceptors (Lipinski definition) is 5. The summed E-state index contributed by atoms with van der Waals surface area (Å²) in [6.45, 7) is 2.49. The van der Waals surface area contributed by atoms with Crippen molar-refractivity contribution < 1.29 is 4.79 Å². The number of anilines is 1. The lowest BCUT2D eigenvalue weighted by Gasteiger charge is -2.10. The molecule has 1 heterocycles. The molecule has 0 bridgehead atoms. The molecule has 0 fully saturated rings. The van der Waals surface area contributed by atoms with Gasteiger partial charge >= 0.3 is 0 Å². The van der Waals surface area contributed by atoms with E-state index in [0.717, 1.165) is 37.4 Å². The number of likely N-dealkylation sites (N-methyl/N-ethyl adjacent to an activating group) is 1. The Hall–Kier alpha value is -1.42. The maximum atomic E-state index is 12.1. The molecule has 0 saturated carbocycles. The fraction of sp³-hybridized carbons (Fsp3) is 0.647. The van der Waals surface area contributed by atoms with Gasteiger partial charge in [0.05, 0.1) is 5.56 Å². The van der Waals surface area contributed by atoms with Crippen LogP contribution >= 0.6 is 11.3 Å². The lowest BCUT2D eigenvalue weighted by Crippen LogP contribution is -2.29. The van der Waals surface area contributed by atoms with Crippen LogP contribution in [0.25, 0.3) is 0 Å². The standard InChI is InChI=1S/C17H26N4OS/c1-21(2)11-10-19-9-8-16(22)20-17-14(12-18)13-6-4-3-5-7-15(13)23-17/h19H,3-11H2,1-2H3,(H,20,22). The summed E-state index contributed by atoms with van der Waals surface area (Å²) in [5, 5.41) is 16.4. The zero-order chi connectivity index (χ0) is 16.7. The number of rotatable bonds is 7. The van der Waals surface area contributed by atoms with Crippen LogP contribution in [0.4, 0.5) is 5.00 Å². The van der Waals surface area contributed by atoms with Crippen molar-refractivity contribution in [3.63, 3.8) is 0 Å². The second kappa shape index (κ2) is 9.02. The summed E-state index contributed by atoms with van der Waals surface area (Å²) < 4.78 is 0. The van der Waals surface area contributed by atoms with Crippen molar-refractivity contribution in [1.29, 1.82) is 5.26 Å². The molecule has 2 N–H and O–H groups in total. The van der Waals surface area contributed by atoms with E-state index in [-0.39, 0.29) is 5.91 Å². The topological polar surface area (TPSA) is 68.2 Å². The second-order valence-electron chi connectivity index (χ2n) is 6.23. The van der Waals surface area contributed by atoms with Gasteiger partial charge in [-0.1, -0.05) is 6.42 Å². The Morgan fingerprint density at radius 3 is 2.78 bits per heavy atom. The van der Waals surface area contributed by atoms with E-state index in [2.05, 4.69) is 21.6 Å². The van der Waals surface area contributed by atoms with Gasteiger partial charge in [-0.05, 0) is 45.3 Å². The number of fused-ring (bicyclic) bond motifs is 1. The van der Waals surface area contributed by atoms with E-state index in [9.17, 15) is 10.1 Å². The number of nitriles is 1. The Labute approximate surface area is 142 Å². The maximum absolute atomic E-state index is 12.1. The first kappa shape index (κ1) is 17.9. The molecule has 1 amide bonds. The summed E-state index contributed by atoms with van der Waals surface area (Å²) in [4.78, 5) is 15.5. The van der Waals surface area contributed by atoms with E-state index in [0.29, 0.717) is 18.5 Å². The molecule has 0 aliphatic heterocycles. The highest BCUT2D eigenvalue weighted by Crippen LogP contribution is 2.36. The molecule has 23 heavy (non-hydrogen) atoms. The number of hydrogen-bond donors (Lipinski definition) is 2. The van der Waals surface area contributed by atoms with Crippen LogP contribution in [0, 0.1) is 11.3 Å². The fourth-order valence-corrected chi connectivity index (χ4v) is 4.02. The predicted octanol–water partition coefficient (Wildman–Crippen LogP) is 2.37. The van der Waals surface area contributed by atoms with Crippen molar-refractivity contribution in [2.75, 3.05) is 39.0 Å². The molecule has 0 atom stereocenters. The highest BCUT2D eigenvalue weighted by molar-refractivity contribution is 7.16. The fourth-order valence-electron chi connectivity index (χ4n) is 2.77. The Balaban J connectivity index is 1.87. The van der Waals surface area contributed by atoms with Crippen LogP contribution in [-0.4, -0.2) is 44.5 Å². The predicted molar refractivity (Wildman–Crippen MR) is 95.0 cm³/mol. The van der Waals surface area contributed by atoms with Crippen molar-refractivity contribution in [2.24, 2.45) is 0 Å². The van der Waals surface area contributed by atoms with Crippen LogP contribution in [0.1, 0.15) is 41.7 Å². The molecule has 0 aromatic carbocycles. The Bertz CT molecular complexity index is 574. The van der Waals surface area contributed by atoms with Crippen LogP contribution < -0.4 is 10.6 Å². The number of nitrogens with zero attached hydrogens (tertiary/aromatic N) is 2. The van der Waals surface area contributed by atoms with Gasteiger partial charge in [0.1, 0.15) is 11.1 Å². The van der Waals surface area contributed by atoms with E-state index in [1.54, 1.807) is 11.3 Å². The summed E-state index contributed by atoms with van der Waals surface area (Å²) >= 11 is 1.59. The monoisotopic (exact) mass is 334 g/mol. The first-order chi connectivity index (χ1) is 11.1. The zero-order valence-corrected chi connectivity index (χ0v) is 14.9. The Kier molecular flexibility index (Phi) is 7.03. The largest absolute Gasteiger partial charge is 0.317 e. The van der Waals surface area contributed by atoms with E-state index in [4.69, 9.17) is 0 Å². The summed E-state index contributed by atoms with van der Waals surface area (Å²) in [5.74, 6) is -0.0183. The molecule has 1 aliphatic carbocycles. The number of amides is 1. The van der Waals surface area contributed by atoms with Gasteiger partial charge in [0.15, 0.2) is 0 Å². The smallest absolute Gasteiger partial charge is 0.226 e. The lowest BCUT2D eigenvalue weighted by atomic mass is 10.1. The molecule has 0 saturated heterocycles. The molecule has 0 spiro atoms. The molecular formula is C17H26N4OS. The average molecular weight is 334 g/mol. The Morgan fingerprint density at radius 2 is 2.04 bits per heavy atom. The number of aryl methyl sites for hydroxylation is 1. The number of carbonyl (C=O) groups is 1. The van der Waals surface area contributed by atoms with E-state index in [1.165, 1.54) is 23.3 Å². The quantitative estimate of drug-likeness (QED) is 0.593. The van der Waals surface area contributed by atoms with Gasteiger partial charge in [-0.25, -0.2) is 0 Å². The number of nitrogens with one attached hydrogen (secondary N) is 2. The van der Waals surface area contributed by atoms with Gasteiger partial charge in [-0.2, -0.15) is 5.26 Å². The summed E-state index contributed by atoms with van der Waals surface area (Å²) in [6.07, 6.45) is 5.99. The van der Waals surface area contributed by atoms with Gasteiger partial charge in [-0.3, -0.25) is 4.79 Å². The molecule has 1 aliphatic rings. The molecule has 126 valence electrons. The first-order valence-corrected chi connectivity index (χ1v) is 9.13. The molecular weight excluding hydrogens is 308 g/mol. The second-order valence-corrected chi connectivity index (χ2v) is 7.34. The minimum absolute atomic E-state index is 0.0183. The molecule has 5 nitrogen and oxygen atoms in total. The van der Waals surface area contributed by atoms with Crippen molar-refractivity contribution in [2.45, 2.75) is 38.5 Å². The van der Waals surface area contributed by atoms with E-state index >= 15 is 0 Å². The van der Waals surface area contributed by atoms with E-state index in [1.807, 2.05) is 14.1 Å². The van der Waals surface area contributed by atoms with Gasteiger partial charge < -0.3 is 15.5 Å². The third-order valence-corrected chi connectivity index (χ3v) is 5.26. The highest BCUT2D eigenvalue weighted by Gasteiger charge is 2.20. The first-order valence-electron chi connectivity index (χ1n) is 8.31. The van der Waals surface area contributed by atoms with E-state index < -0.39 is 0 Å².